The first-order valence-electron chi connectivity index (χ1n) is 6.49. The Balaban J connectivity index is 2.68. The number of nitrogens with one attached hydrogen (secondary N) is 1. The Morgan fingerprint density at radius 3 is 2.79 bits per heavy atom. The van der Waals surface area contributed by atoms with Crippen LogP contribution < -0.4 is 5.32 Å². The fraction of sp³-hybridized carbons (Fsp3) is 0.692. The van der Waals surface area contributed by atoms with Crippen LogP contribution in [0, 0.1) is 5.92 Å². The molecule has 0 aromatic rings. The molecule has 0 aliphatic carbocycles. The molecule has 0 spiro atoms. The Morgan fingerprint density at radius 2 is 2.26 bits per heavy atom. The second-order valence-corrected chi connectivity index (χ2v) is 4.71. The van der Waals surface area contributed by atoms with Crippen molar-refractivity contribution >= 4 is 12.0 Å². The van der Waals surface area contributed by atoms with E-state index in [9.17, 15) is 9.59 Å². The van der Waals surface area contributed by atoms with Crippen molar-refractivity contribution in [1.29, 1.82) is 0 Å². The lowest BCUT2D eigenvalue weighted by atomic mass is 10.0. The van der Waals surface area contributed by atoms with Crippen LogP contribution >= 0.6 is 0 Å². The lowest BCUT2D eigenvalue weighted by Gasteiger charge is -2.30. The average molecular weight is 270 g/mol. The minimum absolute atomic E-state index is 0.0235. The molecule has 0 aromatic carbocycles. The fourth-order valence-corrected chi connectivity index (χ4v) is 2.22. The number of carboxylic acid groups (broad SMARTS) is 1. The van der Waals surface area contributed by atoms with Crippen molar-refractivity contribution in [3.8, 4) is 0 Å². The van der Waals surface area contributed by atoms with E-state index in [-0.39, 0.29) is 25.3 Å². The van der Waals surface area contributed by atoms with Gasteiger partial charge in [-0.2, -0.15) is 0 Å². The lowest BCUT2D eigenvalue weighted by molar-refractivity contribution is -0.142. The van der Waals surface area contributed by atoms with Crippen molar-refractivity contribution in [2.24, 2.45) is 5.92 Å². The maximum Gasteiger partial charge on any atom is 0.317 e. The molecular formula is C13H22N2O4. The summed E-state index contributed by atoms with van der Waals surface area (Å²) >= 11 is 0. The van der Waals surface area contributed by atoms with Crippen molar-refractivity contribution in [2.45, 2.75) is 32.4 Å². The van der Waals surface area contributed by atoms with E-state index < -0.39 is 17.9 Å². The Labute approximate surface area is 113 Å². The van der Waals surface area contributed by atoms with E-state index in [1.165, 1.54) is 4.90 Å². The summed E-state index contributed by atoms with van der Waals surface area (Å²) in [5.74, 6) is -1.58. The summed E-state index contributed by atoms with van der Waals surface area (Å²) in [6.45, 7) is 8.21. The van der Waals surface area contributed by atoms with Gasteiger partial charge in [0, 0.05) is 12.6 Å². The van der Waals surface area contributed by atoms with Crippen LogP contribution in [0.25, 0.3) is 0 Å². The first-order valence-corrected chi connectivity index (χ1v) is 6.49. The van der Waals surface area contributed by atoms with Crippen molar-refractivity contribution in [3.63, 3.8) is 0 Å². The number of hydrogen-bond donors (Lipinski definition) is 2. The SMILES string of the molecule is C=CCC(C)NC(=O)N(CC)C1COCC1C(=O)O. The summed E-state index contributed by atoms with van der Waals surface area (Å²) in [7, 11) is 0. The summed E-state index contributed by atoms with van der Waals surface area (Å²) in [5, 5.41) is 12.0. The molecule has 1 rings (SSSR count). The van der Waals surface area contributed by atoms with Crippen LogP contribution in [0.4, 0.5) is 4.79 Å². The van der Waals surface area contributed by atoms with Gasteiger partial charge in [-0.15, -0.1) is 6.58 Å². The molecule has 0 aromatic heterocycles. The van der Waals surface area contributed by atoms with E-state index in [0.29, 0.717) is 13.0 Å². The van der Waals surface area contributed by atoms with Gasteiger partial charge in [0.15, 0.2) is 0 Å². The molecule has 1 heterocycles. The van der Waals surface area contributed by atoms with Crippen molar-refractivity contribution in [3.05, 3.63) is 12.7 Å². The molecule has 1 aliphatic rings. The highest BCUT2D eigenvalue weighted by Crippen LogP contribution is 2.20. The molecule has 0 saturated carbocycles. The van der Waals surface area contributed by atoms with Gasteiger partial charge < -0.3 is 20.1 Å². The standard InChI is InChI=1S/C13H22N2O4/c1-4-6-9(3)14-13(18)15(5-2)11-8-19-7-10(11)12(16)17/h4,9-11H,1,5-8H2,2-3H3,(H,14,18)(H,16,17). The Kier molecular flexibility index (Phi) is 5.82. The summed E-state index contributed by atoms with van der Waals surface area (Å²) < 4.78 is 5.20. The van der Waals surface area contributed by atoms with Crippen molar-refractivity contribution in [1.82, 2.24) is 10.2 Å². The van der Waals surface area contributed by atoms with Gasteiger partial charge in [0.05, 0.1) is 19.3 Å². The van der Waals surface area contributed by atoms with Crippen molar-refractivity contribution < 1.29 is 19.4 Å². The number of amides is 2. The van der Waals surface area contributed by atoms with Crippen LogP contribution in [-0.2, 0) is 9.53 Å². The summed E-state index contributed by atoms with van der Waals surface area (Å²) in [5.41, 5.74) is 0. The topological polar surface area (TPSA) is 78.9 Å². The zero-order chi connectivity index (χ0) is 14.4. The molecule has 3 unspecified atom stereocenters. The van der Waals surface area contributed by atoms with Gasteiger partial charge in [-0.05, 0) is 20.3 Å². The average Bonchev–Trinajstić information content (AvgIpc) is 2.79. The molecule has 3 atom stereocenters. The number of likely N-dealkylation sites (N-methyl/N-ethyl adjacent to an activating group) is 1. The van der Waals surface area contributed by atoms with Gasteiger partial charge in [-0.25, -0.2) is 4.79 Å². The number of nitrogens with zero attached hydrogens (tertiary/aromatic N) is 1. The van der Waals surface area contributed by atoms with E-state index in [0.717, 1.165) is 0 Å². The molecule has 2 amide bonds. The van der Waals surface area contributed by atoms with Crippen molar-refractivity contribution in [2.75, 3.05) is 19.8 Å². The third-order valence-electron chi connectivity index (χ3n) is 3.26. The number of rotatable bonds is 6. The zero-order valence-corrected chi connectivity index (χ0v) is 11.5. The van der Waals surface area contributed by atoms with E-state index in [4.69, 9.17) is 9.84 Å². The summed E-state index contributed by atoms with van der Waals surface area (Å²) in [4.78, 5) is 24.8. The zero-order valence-electron chi connectivity index (χ0n) is 11.5. The van der Waals surface area contributed by atoms with Gasteiger partial charge in [0.25, 0.3) is 0 Å². The van der Waals surface area contributed by atoms with E-state index in [1.54, 1.807) is 6.08 Å². The quantitative estimate of drug-likeness (QED) is 0.708. The molecule has 19 heavy (non-hydrogen) atoms. The Morgan fingerprint density at radius 1 is 1.58 bits per heavy atom. The van der Waals surface area contributed by atoms with Gasteiger partial charge >= 0.3 is 12.0 Å². The van der Waals surface area contributed by atoms with Crippen LogP contribution in [0.1, 0.15) is 20.3 Å². The minimum Gasteiger partial charge on any atom is -0.481 e. The number of carbonyl (C=O) groups excluding carboxylic acids is 1. The third kappa shape index (κ3) is 3.96. The van der Waals surface area contributed by atoms with Gasteiger partial charge in [-0.1, -0.05) is 6.08 Å². The summed E-state index contributed by atoms with van der Waals surface area (Å²) in [6, 6.07) is -0.679. The van der Waals surface area contributed by atoms with Crippen LogP contribution in [0.2, 0.25) is 0 Å². The second kappa shape index (κ2) is 7.13. The molecule has 1 saturated heterocycles. The largest absolute Gasteiger partial charge is 0.481 e. The van der Waals surface area contributed by atoms with Gasteiger partial charge in [0.1, 0.15) is 5.92 Å². The first kappa shape index (κ1) is 15.5. The number of carbonyl (C=O) groups is 2. The smallest absolute Gasteiger partial charge is 0.317 e. The fourth-order valence-electron chi connectivity index (χ4n) is 2.22. The lowest BCUT2D eigenvalue weighted by Crippen LogP contribution is -2.52. The van der Waals surface area contributed by atoms with Crippen LogP contribution in [0.5, 0.6) is 0 Å². The Hall–Kier alpha value is -1.56. The molecule has 0 bridgehead atoms. The molecule has 2 N–H and O–H groups in total. The maximum absolute atomic E-state index is 12.1. The van der Waals surface area contributed by atoms with Crippen LogP contribution in [-0.4, -0.2) is 53.8 Å². The maximum atomic E-state index is 12.1. The molecular weight excluding hydrogens is 248 g/mol. The van der Waals surface area contributed by atoms with Gasteiger partial charge in [0.2, 0.25) is 0 Å². The molecule has 108 valence electrons. The number of hydrogen-bond acceptors (Lipinski definition) is 3. The van der Waals surface area contributed by atoms with Gasteiger partial charge in [-0.3, -0.25) is 4.79 Å². The summed E-state index contributed by atoms with van der Waals surface area (Å²) in [6.07, 6.45) is 2.41. The molecule has 1 aliphatic heterocycles. The van der Waals surface area contributed by atoms with E-state index in [2.05, 4.69) is 11.9 Å². The molecule has 0 radical (unpaired) electrons. The molecule has 1 fully saturated rings. The minimum atomic E-state index is -0.923. The van der Waals surface area contributed by atoms with Crippen LogP contribution in [0.15, 0.2) is 12.7 Å². The van der Waals surface area contributed by atoms with E-state index >= 15 is 0 Å². The molecule has 6 heteroatoms. The normalized spacial score (nSPS) is 23.7. The van der Waals surface area contributed by atoms with Crippen LogP contribution in [0.3, 0.4) is 0 Å². The Bertz CT molecular complexity index is 346. The highest BCUT2D eigenvalue weighted by Gasteiger charge is 2.39. The number of aliphatic carboxylic acids is 1. The molecule has 6 nitrogen and oxygen atoms in total. The first-order chi connectivity index (χ1) is 9.01. The number of ether oxygens (including phenoxy) is 1. The number of carboxylic acids is 1. The van der Waals surface area contributed by atoms with E-state index in [1.807, 2.05) is 13.8 Å². The second-order valence-electron chi connectivity index (χ2n) is 4.71. The third-order valence-corrected chi connectivity index (χ3v) is 3.26. The highest BCUT2D eigenvalue weighted by molar-refractivity contribution is 5.77. The monoisotopic (exact) mass is 270 g/mol. The predicted molar refractivity (Wildman–Crippen MR) is 70.9 cm³/mol. The number of urea groups is 1. The predicted octanol–water partition coefficient (Wildman–Crippen LogP) is 1.08. The highest BCUT2D eigenvalue weighted by atomic mass is 16.5.